The second kappa shape index (κ2) is 9.06. The zero-order chi connectivity index (χ0) is 22.8. The third-order valence-electron chi connectivity index (χ3n) is 6.08. The Morgan fingerprint density at radius 3 is 2.78 bits per heavy atom. The average Bonchev–Trinajstić information content (AvgIpc) is 3.19. The second-order valence-corrected chi connectivity index (χ2v) is 8.50. The number of carbonyl (C=O) groups excluding carboxylic acids is 1. The van der Waals surface area contributed by atoms with Crippen molar-refractivity contribution >= 4 is 11.7 Å². The Kier molecular flexibility index (Phi) is 6.21. The highest BCUT2D eigenvalue weighted by molar-refractivity contribution is 6.01. The van der Waals surface area contributed by atoms with Gasteiger partial charge >= 0.3 is 0 Å². The Morgan fingerprint density at radius 2 is 2.06 bits per heavy atom. The van der Waals surface area contributed by atoms with Gasteiger partial charge in [0.05, 0.1) is 18.4 Å². The van der Waals surface area contributed by atoms with Gasteiger partial charge in [-0.15, -0.1) is 0 Å². The number of hydrogen-bond donors (Lipinski definition) is 1. The number of hydrogen-bond acceptors (Lipinski definition) is 4. The summed E-state index contributed by atoms with van der Waals surface area (Å²) in [5.74, 6) is -1.32. The molecular weight excluding hydrogens is 412 g/mol. The molecule has 168 valence electrons. The van der Waals surface area contributed by atoms with Crippen molar-refractivity contribution < 1.29 is 13.6 Å². The number of nitrogens with one attached hydrogen (secondary N) is 1. The Hall–Kier alpha value is -3.29. The molecule has 0 unspecified atom stereocenters. The van der Waals surface area contributed by atoms with Crippen LogP contribution in [0, 0.1) is 24.5 Å². The number of pyridine rings is 1. The predicted octanol–water partition coefficient (Wildman–Crippen LogP) is 4.42. The molecule has 1 N–H and O–H groups in total. The lowest BCUT2D eigenvalue weighted by atomic mass is 9.89. The van der Waals surface area contributed by atoms with Crippen LogP contribution in [0.15, 0.2) is 42.9 Å². The number of halogens is 2. The first-order valence-corrected chi connectivity index (χ1v) is 10.8. The molecule has 2 aromatic heterocycles. The Labute approximate surface area is 186 Å². The van der Waals surface area contributed by atoms with Crippen LogP contribution in [0.4, 0.5) is 14.6 Å². The molecule has 2 atom stereocenters. The van der Waals surface area contributed by atoms with Crippen LogP contribution in [0.3, 0.4) is 0 Å². The summed E-state index contributed by atoms with van der Waals surface area (Å²) in [5, 5.41) is 7.22. The maximum absolute atomic E-state index is 14.1. The van der Waals surface area contributed by atoms with Gasteiger partial charge in [0.2, 0.25) is 0 Å². The molecule has 1 fully saturated rings. The lowest BCUT2D eigenvalue weighted by Crippen LogP contribution is -2.51. The second-order valence-electron chi connectivity index (χ2n) is 8.50. The van der Waals surface area contributed by atoms with E-state index in [-0.39, 0.29) is 23.7 Å². The van der Waals surface area contributed by atoms with Crippen molar-refractivity contribution in [2.45, 2.75) is 32.7 Å². The molecule has 3 aromatic rings. The van der Waals surface area contributed by atoms with E-state index in [2.05, 4.69) is 22.3 Å². The van der Waals surface area contributed by atoms with Crippen molar-refractivity contribution in [1.82, 2.24) is 19.7 Å². The third-order valence-corrected chi connectivity index (χ3v) is 6.08. The maximum atomic E-state index is 14.1. The fourth-order valence-electron chi connectivity index (χ4n) is 4.36. The first-order chi connectivity index (χ1) is 15.3. The van der Waals surface area contributed by atoms with Crippen LogP contribution in [-0.2, 0) is 7.05 Å². The number of benzene rings is 1. The van der Waals surface area contributed by atoms with E-state index in [0.717, 1.165) is 41.8 Å². The van der Waals surface area contributed by atoms with Gasteiger partial charge in [0.15, 0.2) is 11.6 Å². The Morgan fingerprint density at radius 1 is 1.25 bits per heavy atom. The van der Waals surface area contributed by atoms with Gasteiger partial charge in [-0.2, -0.15) is 5.10 Å². The summed E-state index contributed by atoms with van der Waals surface area (Å²) in [6.07, 6.45) is 6.50. The topological polar surface area (TPSA) is 63.1 Å². The minimum absolute atomic E-state index is 0.0109. The number of aryl methyl sites for hydroxylation is 2. The van der Waals surface area contributed by atoms with E-state index in [1.54, 1.807) is 10.9 Å². The first kappa shape index (κ1) is 21.9. The van der Waals surface area contributed by atoms with E-state index >= 15 is 0 Å². The van der Waals surface area contributed by atoms with Gasteiger partial charge in [0, 0.05) is 43.5 Å². The average molecular weight is 440 g/mol. The molecule has 0 aliphatic carbocycles. The number of amides is 1. The fraction of sp³-hybridized carbons (Fsp3) is 0.375. The third kappa shape index (κ3) is 4.49. The Bertz CT molecular complexity index is 1130. The number of anilines is 1. The standard InChI is InChI=1S/C24H27F2N5O/c1-15-6-7-19(17-11-29-30(3)14-17)20(9-15)24(32)31-8-4-5-16(2)22(31)13-28-23-21(26)10-18(25)12-27-23/h6-7,9-12,14,16,22H,4-5,8,13H2,1-3H3,(H,27,28)/t16-,22-/m1/s1. The summed E-state index contributed by atoms with van der Waals surface area (Å²) >= 11 is 0. The molecule has 0 radical (unpaired) electrons. The quantitative estimate of drug-likeness (QED) is 0.639. The van der Waals surface area contributed by atoms with E-state index in [4.69, 9.17) is 0 Å². The van der Waals surface area contributed by atoms with Crippen LogP contribution in [0.25, 0.3) is 11.1 Å². The molecule has 8 heteroatoms. The number of nitrogens with zero attached hydrogens (tertiary/aromatic N) is 4. The van der Waals surface area contributed by atoms with E-state index in [0.29, 0.717) is 18.7 Å². The highest BCUT2D eigenvalue weighted by Gasteiger charge is 2.33. The lowest BCUT2D eigenvalue weighted by Gasteiger charge is -2.40. The molecule has 0 spiro atoms. The zero-order valence-electron chi connectivity index (χ0n) is 18.5. The van der Waals surface area contributed by atoms with Crippen molar-refractivity contribution in [1.29, 1.82) is 0 Å². The fourth-order valence-corrected chi connectivity index (χ4v) is 4.36. The largest absolute Gasteiger partial charge is 0.366 e. The molecular formula is C24H27F2N5O. The van der Waals surface area contributed by atoms with Gasteiger partial charge in [-0.1, -0.05) is 24.6 Å². The molecule has 3 heterocycles. The molecule has 32 heavy (non-hydrogen) atoms. The van der Waals surface area contributed by atoms with Crippen LogP contribution in [0.2, 0.25) is 0 Å². The van der Waals surface area contributed by atoms with Gasteiger partial charge in [-0.25, -0.2) is 13.8 Å². The highest BCUT2D eigenvalue weighted by Crippen LogP contribution is 2.30. The summed E-state index contributed by atoms with van der Waals surface area (Å²) in [6.45, 7) is 5.01. The number of carbonyl (C=O) groups is 1. The van der Waals surface area contributed by atoms with Gasteiger partial charge < -0.3 is 10.2 Å². The molecule has 1 aromatic carbocycles. The predicted molar refractivity (Wildman–Crippen MR) is 119 cm³/mol. The van der Waals surface area contributed by atoms with Crippen LogP contribution in [0.5, 0.6) is 0 Å². The van der Waals surface area contributed by atoms with E-state index < -0.39 is 11.6 Å². The molecule has 0 saturated carbocycles. The van der Waals surface area contributed by atoms with Crippen molar-refractivity contribution in [3.63, 3.8) is 0 Å². The number of rotatable bonds is 5. The van der Waals surface area contributed by atoms with Crippen LogP contribution in [-0.4, -0.2) is 44.7 Å². The smallest absolute Gasteiger partial charge is 0.254 e. The molecule has 1 aliphatic rings. The molecule has 1 amide bonds. The molecule has 1 aliphatic heterocycles. The summed E-state index contributed by atoms with van der Waals surface area (Å²) in [6, 6.07) is 6.51. The lowest BCUT2D eigenvalue weighted by molar-refractivity contribution is 0.0540. The number of aromatic nitrogens is 3. The van der Waals surface area contributed by atoms with Gasteiger partial charge in [0.1, 0.15) is 5.82 Å². The summed E-state index contributed by atoms with van der Waals surface area (Å²) in [5.41, 5.74) is 3.35. The number of piperidine rings is 1. The van der Waals surface area contributed by atoms with Crippen molar-refractivity contribution in [2.75, 3.05) is 18.4 Å². The summed E-state index contributed by atoms with van der Waals surface area (Å²) in [7, 11) is 1.84. The van der Waals surface area contributed by atoms with Crippen molar-refractivity contribution in [3.8, 4) is 11.1 Å². The molecule has 1 saturated heterocycles. The molecule has 4 rings (SSSR count). The van der Waals surface area contributed by atoms with Gasteiger partial charge in [0.25, 0.3) is 5.91 Å². The van der Waals surface area contributed by atoms with Gasteiger partial charge in [-0.05, 0) is 37.3 Å². The first-order valence-electron chi connectivity index (χ1n) is 10.8. The van der Waals surface area contributed by atoms with Gasteiger partial charge in [-0.3, -0.25) is 9.48 Å². The molecule has 6 nitrogen and oxygen atoms in total. The minimum atomic E-state index is -0.746. The SMILES string of the molecule is Cc1ccc(-c2cnn(C)c2)c(C(=O)N2CCC[C@@H](C)[C@H]2CNc2ncc(F)cc2F)c1. The summed E-state index contributed by atoms with van der Waals surface area (Å²) in [4.78, 5) is 19.4. The zero-order valence-corrected chi connectivity index (χ0v) is 18.5. The van der Waals surface area contributed by atoms with E-state index in [1.165, 1.54) is 0 Å². The van der Waals surface area contributed by atoms with Crippen LogP contribution in [0.1, 0.15) is 35.7 Å². The van der Waals surface area contributed by atoms with E-state index in [9.17, 15) is 13.6 Å². The monoisotopic (exact) mass is 439 g/mol. The maximum Gasteiger partial charge on any atom is 0.254 e. The van der Waals surface area contributed by atoms with Crippen LogP contribution >= 0.6 is 0 Å². The highest BCUT2D eigenvalue weighted by atomic mass is 19.1. The Balaban J connectivity index is 1.62. The van der Waals surface area contributed by atoms with Crippen LogP contribution < -0.4 is 5.32 Å². The number of likely N-dealkylation sites (tertiary alicyclic amines) is 1. The summed E-state index contributed by atoms with van der Waals surface area (Å²) < 4.78 is 29.0. The van der Waals surface area contributed by atoms with E-state index in [1.807, 2.05) is 43.3 Å². The van der Waals surface area contributed by atoms with Crippen molar-refractivity contribution in [2.24, 2.45) is 13.0 Å². The normalized spacial score (nSPS) is 18.6. The molecule has 0 bridgehead atoms. The minimum Gasteiger partial charge on any atom is -0.366 e. The van der Waals surface area contributed by atoms with Crippen molar-refractivity contribution in [3.05, 3.63) is 65.6 Å².